The van der Waals surface area contributed by atoms with Crippen molar-refractivity contribution in [2.24, 2.45) is 0 Å². The summed E-state index contributed by atoms with van der Waals surface area (Å²) in [6, 6.07) is 5.90. The van der Waals surface area contributed by atoms with Crippen LogP contribution in [0.15, 0.2) is 22.7 Å². The van der Waals surface area contributed by atoms with Gasteiger partial charge in [-0.25, -0.2) is 0 Å². The SMILES string of the molecule is Cc1cc(Nc2nc(N)nc(N(C)C)n2)ccc1Br. The van der Waals surface area contributed by atoms with E-state index in [0.29, 0.717) is 11.9 Å². The Morgan fingerprint density at radius 3 is 2.58 bits per heavy atom. The van der Waals surface area contributed by atoms with Crippen molar-refractivity contribution in [3.63, 3.8) is 0 Å². The average Bonchev–Trinajstić information content (AvgIpc) is 2.33. The second-order valence-electron chi connectivity index (χ2n) is 4.30. The van der Waals surface area contributed by atoms with Gasteiger partial charge in [0.05, 0.1) is 0 Å². The number of hydrogen-bond donors (Lipinski definition) is 2. The molecular weight excluding hydrogens is 308 g/mol. The summed E-state index contributed by atoms with van der Waals surface area (Å²) in [6.07, 6.45) is 0. The topological polar surface area (TPSA) is 80.0 Å². The van der Waals surface area contributed by atoms with E-state index in [2.05, 4.69) is 36.2 Å². The Morgan fingerprint density at radius 1 is 1.21 bits per heavy atom. The van der Waals surface area contributed by atoms with E-state index >= 15 is 0 Å². The third-order valence-corrected chi connectivity index (χ3v) is 3.34. The molecule has 0 aliphatic carbocycles. The number of benzene rings is 1. The van der Waals surface area contributed by atoms with Gasteiger partial charge in [-0.15, -0.1) is 0 Å². The van der Waals surface area contributed by atoms with Crippen LogP contribution < -0.4 is 16.0 Å². The molecule has 1 aromatic carbocycles. The molecule has 0 saturated heterocycles. The first-order valence-electron chi connectivity index (χ1n) is 5.68. The van der Waals surface area contributed by atoms with Crippen molar-refractivity contribution >= 4 is 39.5 Å². The number of aryl methyl sites for hydroxylation is 1. The zero-order chi connectivity index (χ0) is 14.0. The standard InChI is InChI=1S/C12H15BrN6/c1-7-6-8(4-5-9(7)13)15-11-16-10(14)17-12(18-11)19(2)3/h4-6H,1-3H3,(H3,14,15,16,17,18). The van der Waals surface area contributed by atoms with Crippen molar-refractivity contribution in [2.75, 3.05) is 30.0 Å². The van der Waals surface area contributed by atoms with Gasteiger partial charge >= 0.3 is 0 Å². The van der Waals surface area contributed by atoms with Gasteiger partial charge in [0.15, 0.2) is 0 Å². The fraction of sp³-hybridized carbons (Fsp3) is 0.250. The smallest absolute Gasteiger partial charge is 0.233 e. The molecule has 0 atom stereocenters. The minimum atomic E-state index is 0.190. The maximum atomic E-state index is 5.67. The second-order valence-corrected chi connectivity index (χ2v) is 5.15. The van der Waals surface area contributed by atoms with Crippen LogP contribution in [0.25, 0.3) is 0 Å². The molecule has 1 heterocycles. The van der Waals surface area contributed by atoms with E-state index in [4.69, 9.17) is 5.73 Å². The summed E-state index contributed by atoms with van der Waals surface area (Å²) >= 11 is 3.46. The van der Waals surface area contributed by atoms with Gasteiger partial charge in [-0.3, -0.25) is 0 Å². The number of hydrogen-bond acceptors (Lipinski definition) is 6. The lowest BCUT2D eigenvalue weighted by Gasteiger charge is -2.12. The summed E-state index contributed by atoms with van der Waals surface area (Å²) in [7, 11) is 3.70. The van der Waals surface area contributed by atoms with E-state index in [0.717, 1.165) is 15.7 Å². The second kappa shape index (κ2) is 5.40. The van der Waals surface area contributed by atoms with Crippen molar-refractivity contribution in [1.29, 1.82) is 0 Å². The Hall–Kier alpha value is -1.89. The largest absolute Gasteiger partial charge is 0.368 e. The molecule has 6 nitrogen and oxygen atoms in total. The first kappa shape index (κ1) is 13.5. The lowest BCUT2D eigenvalue weighted by Crippen LogP contribution is -2.15. The molecule has 0 aliphatic heterocycles. The Balaban J connectivity index is 2.29. The lowest BCUT2D eigenvalue weighted by molar-refractivity contribution is 0.969. The third-order valence-electron chi connectivity index (χ3n) is 2.45. The number of nitrogens with one attached hydrogen (secondary N) is 1. The minimum absolute atomic E-state index is 0.190. The van der Waals surface area contributed by atoms with Gasteiger partial charge in [0.25, 0.3) is 0 Å². The Kier molecular flexibility index (Phi) is 3.84. The monoisotopic (exact) mass is 322 g/mol. The Bertz CT molecular complexity index is 599. The van der Waals surface area contributed by atoms with Crippen LogP contribution in [-0.2, 0) is 0 Å². The molecule has 100 valence electrons. The molecule has 19 heavy (non-hydrogen) atoms. The van der Waals surface area contributed by atoms with Crippen LogP contribution in [0.4, 0.5) is 23.5 Å². The Morgan fingerprint density at radius 2 is 1.95 bits per heavy atom. The van der Waals surface area contributed by atoms with Crippen LogP contribution in [0.5, 0.6) is 0 Å². The maximum Gasteiger partial charge on any atom is 0.233 e. The van der Waals surface area contributed by atoms with Gasteiger partial charge in [-0.1, -0.05) is 15.9 Å². The van der Waals surface area contributed by atoms with Crippen molar-refractivity contribution in [2.45, 2.75) is 6.92 Å². The maximum absolute atomic E-state index is 5.67. The van der Waals surface area contributed by atoms with E-state index in [-0.39, 0.29) is 5.95 Å². The summed E-state index contributed by atoms with van der Waals surface area (Å²) in [5.41, 5.74) is 7.69. The molecule has 7 heteroatoms. The number of halogens is 1. The van der Waals surface area contributed by atoms with Crippen molar-refractivity contribution < 1.29 is 0 Å². The molecular formula is C12H15BrN6. The summed E-state index contributed by atoms with van der Waals surface area (Å²) in [4.78, 5) is 14.2. The van der Waals surface area contributed by atoms with Gasteiger partial charge < -0.3 is 16.0 Å². The molecule has 0 bridgehead atoms. The van der Waals surface area contributed by atoms with Crippen molar-refractivity contribution in [3.8, 4) is 0 Å². The summed E-state index contributed by atoms with van der Waals surface area (Å²) in [6.45, 7) is 2.02. The van der Waals surface area contributed by atoms with Crippen LogP contribution in [0.2, 0.25) is 0 Å². The van der Waals surface area contributed by atoms with Crippen LogP contribution in [-0.4, -0.2) is 29.0 Å². The minimum Gasteiger partial charge on any atom is -0.368 e. The van der Waals surface area contributed by atoms with Gasteiger partial charge in [-0.05, 0) is 30.7 Å². The zero-order valence-corrected chi connectivity index (χ0v) is 12.6. The van der Waals surface area contributed by atoms with Crippen molar-refractivity contribution in [3.05, 3.63) is 28.2 Å². The number of rotatable bonds is 3. The highest BCUT2D eigenvalue weighted by Crippen LogP contribution is 2.22. The van der Waals surface area contributed by atoms with Gasteiger partial charge in [0, 0.05) is 24.3 Å². The van der Waals surface area contributed by atoms with E-state index in [1.165, 1.54) is 0 Å². The summed E-state index contributed by atoms with van der Waals surface area (Å²) < 4.78 is 1.06. The average molecular weight is 323 g/mol. The fourth-order valence-electron chi connectivity index (χ4n) is 1.49. The number of nitrogens with two attached hydrogens (primary N) is 1. The molecule has 0 amide bonds. The molecule has 0 radical (unpaired) electrons. The molecule has 1 aromatic heterocycles. The molecule has 0 saturated carbocycles. The first-order chi connectivity index (χ1) is 8.95. The number of anilines is 4. The van der Waals surface area contributed by atoms with Gasteiger partial charge in [0.1, 0.15) is 0 Å². The predicted octanol–water partition coefficient (Wildman–Crippen LogP) is 2.33. The molecule has 3 N–H and O–H groups in total. The zero-order valence-electron chi connectivity index (χ0n) is 11.0. The van der Waals surface area contributed by atoms with E-state index < -0.39 is 0 Å². The third kappa shape index (κ3) is 3.31. The van der Waals surface area contributed by atoms with E-state index in [1.807, 2.05) is 39.2 Å². The molecule has 2 aromatic rings. The quantitative estimate of drug-likeness (QED) is 0.902. The molecule has 0 fully saturated rings. The molecule has 0 aliphatic rings. The Labute approximate surface area is 120 Å². The normalized spacial score (nSPS) is 10.3. The van der Waals surface area contributed by atoms with Crippen LogP contribution in [0, 0.1) is 6.92 Å². The molecule has 0 spiro atoms. The summed E-state index contributed by atoms with van der Waals surface area (Å²) in [5.74, 6) is 1.14. The number of nitrogens with zero attached hydrogens (tertiary/aromatic N) is 4. The first-order valence-corrected chi connectivity index (χ1v) is 6.47. The lowest BCUT2D eigenvalue weighted by atomic mass is 10.2. The van der Waals surface area contributed by atoms with Crippen LogP contribution in [0.3, 0.4) is 0 Å². The molecule has 0 unspecified atom stereocenters. The molecule has 2 rings (SSSR count). The van der Waals surface area contributed by atoms with Crippen molar-refractivity contribution in [1.82, 2.24) is 15.0 Å². The fourth-order valence-corrected chi connectivity index (χ4v) is 1.73. The number of nitrogen functional groups attached to an aromatic ring is 1. The highest BCUT2D eigenvalue weighted by atomic mass is 79.9. The predicted molar refractivity (Wildman–Crippen MR) is 80.7 cm³/mol. The number of aromatic nitrogens is 3. The van der Waals surface area contributed by atoms with Gasteiger partial charge in [0.2, 0.25) is 17.8 Å². The van der Waals surface area contributed by atoms with Crippen LogP contribution in [0.1, 0.15) is 5.56 Å². The van der Waals surface area contributed by atoms with Gasteiger partial charge in [-0.2, -0.15) is 15.0 Å². The van der Waals surface area contributed by atoms with Crippen LogP contribution >= 0.6 is 15.9 Å². The van der Waals surface area contributed by atoms with E-state index in [1.54, 1.807) is 4.90 Å². The summed E-state index contributed by atoms with van der Waals surface area (Å²) in [5, 5.41) is 3.12. The van der Waals surface area contributed by atoms with E-state index in [9.17, 15) is 0 Å². The highest BCUT2D eigenvalue weighted by molar-refractivity contribution is 9.10. The highest BCUT2D eigenvalue weighted by Gasteiger charge is 2.06.